The highest BCUT2D eigenvalue weighted by Gasteiger charge is 2.17. The Labute approximate surface area is 109 Å². The molecule has 0 spiro atoms. The first kappa shape index (κ1) is 13.7. The second kappa shape index (κ2) is 5.95. The van der Waals surface area contributed by atoms with Crippen LogP contribution >= 0.6 is 0 Å². The van der Waals surface area contributed by atoms with Crippen molar-refractivity contribution in [1.29, 1.82) is 0 Å². The molecule has 1 aromatic heterocycles. The molecule has 19 heavy (non-hydrogen) atoms. The van der Waals surface area contributed by atoms with Crippen LogP contribution in [0.25, 0.3) is 0 Å². The summed E-state index contributed by atoms with van der Waals surface area (Å²) < 4.78 is 31.1. The quantitative estimate of drug-likeness (QED) is 0.875. The molecule has 1 heterocycles. The number of furan rings is 1. The average Bonchev–Trinajstić information content (AvgIpc) is 2.91. The van der Waals surface area contributed by atoms with Gasteiger partial charge < -0.3 is 14.8 Å². The van der Waals surface area contributed by atoms with Gasteiger partial charge in [-0.1, -0.05) is 6.07 Å². The van der Waals surface area contributed by atoms with Gasteiger partial charge in [0.25, 0.3) is 0 Å². The monoisotopic (exact) mass is 267 g/mol. The fourth-order valence-electron chi connectivity index (χ4n) is 1.77. The van der Waals surface area contributed by atoms with Gasteiger partial charge in [0.15, 0.2) is 11.6 Å². The zero-order chi connectivity index (χ0) is 13.8. The first-order valence-electron chi connectivity index (χ1n) is 5.96. The Kier molecular flexibility index (Phi) is 4.29. The normalized spacial score (nSPS) is 14.3. The maximum Gasteiger partial charge on any atom is 0.159 e. The Morgan fingerprint density at radius 1 is 1.26 bits per heavy atom. The molecule has 2 atom stereocenters. The van der Waals surface area contributed by atoms with Gasteiger partial charge in [0.05, 0.1) is 18.9 Å². The van der Waals surface area contributed by atoms with Crippen molar-refractivity contribution in [2.45, 2.75) is 25.6 Å². The lowest BCUT2D eigenvalue weighted by Crippen LogP contribution is -2.31. The summed E-state index contributed by atoms with van der Waals surface area (Å²) in [5.41, 5.74) is 0.332. The van der Waals surface area contributed by atoms with Crippen LogP contribution in [-0.4, -0.2) is 11.1 Å². The summed E-state index contributed by atoms with van der Waals surface area (Å²) in [6, 6.07) is 6.64. The number of hydrogen-bond acceptors (Lipinski definition) is 3. The van der Waals surface area contributed by atoms with Gasteiger partial charge in [-0.2, -0.15) is 0 Å². The third kappa shape index (κ3) is 3.39. The number of rotatable bonds is 5. The third-order valence-corrected chi connectivity index (χ3v) is 2.94. The predicted molar refractivity (Wildman–Crippen MR) is 66.3 cm³/mol. The van der Waals surface area contributed by atoms with Crippen molar-refractivity contribution in [1.82, 2.24) is 5.32 Å². The molecular formula is C14H15F2NO2. The van der Waals surface area contributed by atoms with E-state index in [-0.39, 0.29) is 6.04 Å². The van der Waals surface area contributed by atoms with Crippen LogP contribution in [0.15, 0.2) is 41.0 Å². The Morgan fingerprint density at radius 3 is 2.68 bits per heavy atom. The Balaban J connectivity index is 1.97. The molecule has 0 aliphatic carbocycles. The van der Waals surface area contributed by atoms with E-state index in [4.69, 9.17) is 4.42 Å². The SMILES string of the molecule is CC(NCc1ccco1)C(O)c1ccc(F)c(F)c1. The molecule has 3 nitrogen and oxygen atoms in total. The second-order valence-electron chi connectivity index (χ2n) is 4.37. The maximum absolute atomic E-state index is 13.1. The van der Waals surface area contributed by atoms with Crippen molar-refractivity contribution in [2.24, 2.45) is 0 Å². The smallest absolute Gasteiger partial charge is 0.159 e. The van der Waals surface area contributed by atoms with E-state index in [1.54, 1.807) is 19.3 Å². The molecule has 2 N–H and O–H groups in total. The summed E-state index contributed by atoms with van der Waals surface area (Å²) in [6.07, 6.45) is 0.637. The van der Waals surface area contributed by atoms with Crippen LogP contribution in [0, 0.1) is 11.6 Å². The van der Waals surface area contributed by atoms with Crippen LogP contribution < -0.4 is 5.32 Å². The van der Waals surface area contributed by atoms with Crippen LogP contribution in [0.1, 0.15) is 24.4 Å². The van der Waals surface area contributed by atoms with Crippen molar-refractivity contribution < 1.29 is 18.3 Å². The van der Waals surface area contributed by atoms with Gasteiger partial charge >= 0.3 is 0 Å². The minimum absolute atomic E-state index is 0.324. The van der Waals surface area contributed by atoms with Crippen molar-refractivity contribution in [3.63, 3.8) is 0 Å². The maximum atomic E-state index is 13.1. The third-order valence-electron chi connectivity index (χ3n) is 2.94. The summed E-state index contributed by atoms with van der Waals surface area (Å²) in [5.74, 6) is -1.15. The van der Waals surface area contributed by atoms with Crippen LogP contribution in [0.3, 0.4) is 0 Å². The van der Waals surface area contributed by atoms with Crippen molar-refractivity contribution in [2.75, 3.05) is 0 Å². The fraction of sp³-hybridized carbons (Fsp3) is 0.286. The molecule has 0 fully saturated rings. The number of aliphatic hydroxyl groups is 1. The van der Waals surface area contributed by atoms with Gasteiger partial charge in [-0.05, 0) is 36.8 Å². The summed E-state index contributed by atoms with van der Waals surface area (Å²) in [4.78, 5) is 0. The molecule has 5 heteroatoms. The van der Waals surface area contributed by atoms with Crippen molar-refractivity contribution in [3.05, 3.63) is 59.6 Å². The van der Waals surface area contributed by atoms with E-state index < -0.39 is 17.7 Å². The number of benzene rings is 1. The second-order valence-corrected chi connectivity index (χ2v) is 4.37. The van der Waals surface area contributed by atoms with E-state index in [1.807, 2.05) is 6.07 Å². The summed E-state index contributed by atoms with van der Waals surface area (Å²) in [5, 5.41) is 13.1. The topological polar surface area (TPSA) is 45.4 Å². The van der Waals surface area contributed by atoms with E-state index in [1.165, 1.54) is 6.07 Å². The van der Waals surface area contributed by atoms with E-state index >= 15 is 0 Å². The fourth-order valence-corrected chi connectivity index (χ4v) is 1.77. The van der Waals surface area contributed by atoms with Gasteiger partial charge in [-0.3, -0.25) is 0 Å². The molecule has 0 radical (unpaired) electrons. The highest BCUT2D eigenvalue weighted by molar-refractivity contribution is 5.21. The first-order valence-corrected chi connectivity index (χ1v) is 5.96. The van der Waals surface area contributed by atoms with E-state index in [2.05, 4.69) is 5.32 Å². The largest absolute Gasteiger partial charge is 0.468 e. The lowest BCUT2D eigenvalue weighted by atomic mass is 10.0. The van der Waals surface area contributed by atoms with Gasteiger partial charge in [0.2, 0.25) is 0 Å². The van der Waals surface area contributed by atoms with Crippen LogP contribution in [0.5, 0.6) is 0 Å². The Hall–Kier alpha value is -1.72. The van der Waals surface area contributed by atoms with Gasteiger partial charge in [0, 0.05) is 6.04 Å². The molecule has 0 bridgehead atoms. The van der Waals surface area contributed by atoms with E-state index in [0.717, 1.165) is 17.9 Å². The van der Waals surface area contributed by atoms with E-state index in [0.29, 0.717) is 12.1 Å². The molecule has 102 valence electrons. The van der Waals surface area contributed by atoms with E-state index in [9.17, 15) is 13.9 Å². The molecular weight excluding hydrogens is 252 g/mol. The minimum Gasteiger partial charge on any atom is -0.468 e. The molecule has 2 unspecified atom stereocenters. The zero-order valence-electron chi connectivity index (χ0n) is 10.4. The van der Waals surface area contributed by atoms with Gasteiger partial charge in [-0.25, -0.2) is 8.78 Å². The Morgan fingerprint density at radius 2 is 2.05 bits per heavy atom. The van der Waals surface area contributed by atoms with Crippen LogP contribution in [-0.2, 0) is 6.54 Å². The van der Waals surface area contributed by atoms with Crippen molar-refractivity contribution in [3.8, 4) is 0 Å². The Bertz CT molecular complexity index is 528. The van der Waals surface area contributed by atoms with Gasteiger partial charge in [-0.15, -0.1) is 0 Å². The lowest BCUT2D eigenvalue weighted by molar-refractivity contribution is 0.133. The molecule has 2 aromatic rings. The molecule has 0 saturated heterocycles. The zero-order valence-corrected chi connectivity index (χ0v) is 10.4. The number of halogens is 2. The summed E-state index contributed by atoms with van der Waals surface area (Å²) in [7, 11) is 0. The average molecular weight is 267 g/mol. The number of hydrogen-bond donors (Lipinski definition) is 2. The van der Waals surface area contributed by atoms with Crippen LogP contribution in [0.4, 0.5) is 8.78 Å². The van der Waals surface area contributed by atoms with Gasteiger partial charge in [0.1, 0.15) is 5.76 Å². The highest BCUT2D eigenvalue weighted by Crippen LogP contribution is 2.19. The molecule has 0 aliphatic heterocycles. The molecule has 0 amide bonds. The number of aliphatic hydroxyl groups excluding tert-OH is 1. The molecule has 0 aliphatic rings. The lowest BCUT2D eigenvalue weighted by Gasteiger charge is -2.20. The molecule has 0 saturated carbocycles. The summed E-state index contributed by atoms with van der Waals surface area (Å²) in [6.45, 7) is 2.21. The molecule has 1 aromatic carbocycles. The molecule has 2 rings (SSSR count). The standard InChI is InChI=1S/C14H15F2NO2/c1-9(17-8-11-3-2-6-19-11)14(18)10-4-5-12(15)13(16)7-10/h2-7,9,14,17-18H,8H2,1H3. The first-order chi connectivity index (χ1) is 9.08. The number of nitrogens with one attached hydrogen (secondary N) is 1. The van der Waals surface area contributed by atoms with Crippen LogP contribution in [0.2, 0.25) is 0 Å². The van der Waals surface area contributed by atoms with Crippen molar-refractivity contribution >= 4 is 0 Å². The highest BCUT2D eigenvalue weighted by atomic mass is 19.2. The minimum atomic E-state index is -0.963. The predicted octanol–water partition coefficient (Wildman–Crippen LogP) is 2.77. The summed E-state index contributed by atoms with van der Waals surface area (Å²) >= 11 is 0.